The zero-order chi connectivity index (χ0) is 10.8. The van der Waals surface area contributed by atoms with E-state index in [0.29, 0.717) is 0 Å². The van der Waals surface area contributed by atoms with Crippen LogP contribution in [0.15, 0.2) is 22.7 Å². The molecule has 0 saturated heterocycles. The van der Waals surface area contributed by atoms with E-state index in [1.807, 2.05) is 0 Å². The molecular formula is C9H10BrF2NO. The highest BCUT2D eigenvalue weighted by Crippen LogP contribution is 2.32. The smallest absolute Gasteiger partial charge is 0.285 e. The summed E-state index contributed by atoms with van der Waals surface area (Å²) >= 11 is 2.99. The molecule has 1 rings (SSSR count). The van der Waals surface area contributed by atoms with Gasteiger partial charge in [0.15, 0.2) is 0 Å². The van der Waals surface area contributed by atoms with Gasteiger partial charge in [-0.15, -0.1) is 0 Å². The third-order valence-electron chi connectivity index (χ3n) is 1.77. The second-order valence-corrected chi connectivity index (χ2v) is 3.76. The van der Waals surface area contributed by atoms with E-state index in [1.54, 1.807) is 0 Å². The lowest BCUT2D eigenvalue weighted by molar-refractivity contribution is -0.00133. The average molecular weight is 266 g/mol. The highest BCUT2D eigenvalue weighted by Gasteiger charge is 2.30. The van der Waals surface area contributed by atoms with Crippen LogP contribution in [0.1, 0.15) is 5.56 Å². The summed E-state index contributed by atoms with van der Waals surface area (Å²) in [4.78, 5) is 0. The molecule has 14 heavy (non-hydrogen) atoms. The first-order valence-corrected chi connectivity index (χ1v) is 4.78. The van der Waals surface area contributed by atoms with E-state index in [0.717, 1.165) is 0 Å². The van der Waals surface area contributed by atoms with Crippen LogP contribution in [0.3, 0.4) is 0 Å². The number of likely N-dealkylation sites (N-methyl/N-ethyl adjacent to an activating group) is 1. The molecule has 0 aliphatic heterocycles. The third kappa shape index (κ3) is 2.42. The van der Waals surface area contributed by atoms with Crippen molar-refractivity contribution in [3.8, 4) is 5.75 Å². The van der Waals surface area contributed by atoms with Gasteiger partial charge < -0.3 is 10.4 Å². The maximum absolute atomic E-state index is 13.3. The van der Waals surface area contributed by atoms with Crippen molar-refractivity contribution in [1.29, 1.82) is 0 Å². The fourth-order valence-corrected chi connectivity index (χ4v) is 1.44. The minimum absolute atomic E-state index is 0.0472. The first-order chi connectivity index (χ1) is 6.47. The monoisotopic (exact) mass is 265 g/mol. The Balaban J connectivity index is 3.01. The van der Waals surface area contributed by atoms with Crippen LogP contribution < -0.4 is 5.32 Å². The van der Waals surface area contributed by atoms with Crippen molar-refractivity contribution in [3.05, 3.63) is 28.2 Å². The van der Waals surface area contributed by atoms with Gasteiger partial charge in [-0.1, -0.05) is 0 Å². The second kappa shape index (κ2) is 4.23. The van der Waals surface area contributed by atoms with E-state index in [-0.39, 0.29) is 15.8 Å². The van der Waals surface area contributed by atoms with E-state index in [1.165, 1.54) is 25.2 Å². The van der Waals surface area contributed by atoms with Crippen LogP contribution in [-0.2, 0) is 5.92 Å². The summed E-state index contributed by atoms with van der Waals surface area (Å²) in [6, 6.07) is 3.66. The number of rotatable bonds is 3. The molecule has 0 fully saturated rings. The van der Waals surface area contributed by atoms with Crippen molar-refractivity contribution in [2.45, 2.75) is 5.92 Å². The summed E-state index contributed by atoms with van der Waals surface area (Å²) in [5.41, 5.74) is -0.128. The van der Waals surface area contributed by atoms with Gasteiger partial charge in [0.1, 0.15) is 5.75 Å². The van der Waals surface area contributed by atoms with Crippen molar-refractivity contribution in [2.75, 3.05) is 13.6 Å². The molecule has 78 valence electrons. The molecule has 1 aromatic carbocycles. The van der Waals surface area contributed by atoms with Crippen LogP contribution in [0.2, 0.25) is 0 Å². The Morgan fingerprint density at radius 3 is 2.64 bits per heavy atom. The zero-order valence-corrected chi connectivity index (χ0v) is 9.11. The number of hydrogen-bond donors (Lipinski definition) is 2. The van der Waals surface area contributed by atoms with Crippen LogP contribution in [-0.4, -0.2) is 18.7 Å². The average Bonchev–Trinajstić information content (AvgIpc) is 2.09. The molecule has 0 aromatic heterocycles. The molecule has 0 unspecified atom stereocenters. The maximum Gasteiger partial charge on any atom is 0.285 e. The summed E-state index contributed by atoms with van der Waals surface area (Å²) in [6.07, 6.45) is 0. The highest BCUT2D eigenvalue weighted by molar-refractivity contribution is 9.10. The SMILES string of the molecule is CNCC(F)(F)c1ccc(O)c(Br)c1. The summed E-state index contributed by atoms with van der Waals surface area (Å²) < 4.78 is 26.9. The molecule has 0 atom stereocenters. The lowest BCUT2D eigenvalue weighted by Crippen LogP contribution is -2.27. The quantitative estimate of drug-likeness (QED) is 0.880. The van der Waals surface area contributed by atoms with E-state index >= 15 is 0 Å². The van der Waals surface area contributed by atoms with Crippen LogP contribution in [0.4, 0.5) is 8.78 Å². The number of hydrogen-bond acceptors (Lipinski definition) is 2. The molecule has 0 radical (unpaired) electrons. The predicted octanol–water partition coefficient (Wildman–Crippen LogP) is 2.47. The Bertz CT molecular complexity index is 331. The third-order valence-corrected chi connectivity index (χ3v) is 2.40. The molecule has 2 N–H and O–H groups in total. The normalized spacial score (nSPS) is 11.7. The molecule has 5 heteroatoms. The number of halogens is 3. The number of benzene rings is 1. The first kappa shape index (κ1) is 11.4. The summed E-state index contributed by atoms with van der Waals surface area (Å²) in [6.45, 7) is -0.426. The molecule has 0 aliphatic rings. The first-order valence-electron chi connectivity index (χ1n) is 3.99. The molecule has 0 aliphatic carbocycles. The standard InChI is InChI=1S/C9H10BrF2NO/c1-13-5-9(11,12)6-2-3-8(14)7(10)4-6/h2-4,13-14H,5H2,1H3. The van der Waals surface area contributed by atoms with Crippen molar-refractivity contribution in [3.63, 3.8) is 0 Å². The fourth-order valence-electron chi connectivity index (χ4n) is 1.06. The molecule has 0 heterocycles. The Morgan fingerprint density at radius 1 is 1.50 bits per heavy atom. The van der Waals surface area contributed by atoms with Gasteiger partial charge >= 0.3 is 0 Å². The molecular weight excluding hydrogens is 256 g/mol. The Morgan fingerprint density at radius 2 is 2.14 bits per heavy atom. The largest absolute Gasteiger partial charge is 0.507 e. The van der Waals surface area contributed by atoms with E-state index in [2.05, 4.69) is 21.2 Å². The van der Waals surface area contributed by atoms with Crippen LogP contribution in [0, 0.1) is 0 Å². The summed E-state index contributed by atoms with van der Waals surface area (Å²) in [5.74, 6) is -2.97. The molecule has 0 bridgehead atoms. The van der Waals surface area contributed by atoms with Gasteiger partial charge in [-0.3, -0.25) is 0 Å². The van der Waals surface area contributed by atoms with E-state index in [4.69, 9.17) is 5.11 Å². The minimum atomic E-state index is -2.93. The molecule has 2 nitrogen and oxygen atoms in total. The van der Waals surface area contributed by atoms with Gasteiger partial charge in [0.25, 0.3) is 5.92 Å². The minimum Gasteiger partial charge on any atom is -0.507 e. The number of nitrogens with one attached hydrogen (secondary N) is 1. The van der Waals surface area contributed by atoms with Crippen molar-refractivity contribution < 1.29 is 13.9 Å². The Labute approximate surface area is 89.1 Å². The van der Waals surface area contributed by atoms with Gasteiger partial charge in [-0.05, 0) is 41.2 Å². The highest BCUT2D eigenvalue weighted by atomic mass is 79.9. The molecule has 1 aromatic rings. The lowest BCUT2D eigenvalue weighted by Gasteiger charge is -2.16. The van der Waals surface area contributed by atoms with Gasteiger partial charge in [-0.2, -0.15) is 8.78 Å². The fraction of sp³-hybridized carbons (Fsp3) is 0.333. The van der Waals surface area contributed by atoms with Gasteiger partial charge in [-0.25, -0.2) is 0 Å². The Kier molecular flexibility index (Phi) is 3.44. The number of phenols is 1. The zero-order valence-electron chi connectivity index (χ0n) is 7.52. The van der Waals surface area contributed by atoms with Crippen molar-refractivity contribution in [1.82, 2.24) is 5.32 Å². The van der Waals surface area contributed by atoms with Crippen molar-refractivity contribution >= 4 is 15.9 Å². The number of alkyl halides is 2. The summed E-state index contributed by atoms with van der Waals surface area (Å²) in [5, 5.41) is 11.5. The van der Waals surface area contributed by atoms with E-state index < -0.39 is 12.5 Å². The lowest BCUT2D eigenvalue weighted by atomic mass is 10.1. The predicted molar refractivity (Wildman–Crippen MR) is 53.6 cm³/mol. The van der Waals surface area contributed by atoms with Crippen LogP contribution in [0.5, 0.6) is 5.75 Å². The Hall–Kier alpha value is -0.680. The molecule has 0 saturated carbocycles. The second-order valence-electron chi connectivity index (χ2n) is 2.90. The van der Waals surface area contributed by atoms with Gasteiger partial charge in [0.2, 0.25) is 0 Å². The maximum atomic E-state index is 13.3. The summed E-state index contributed by atoms with van der Waals surface area (Å²) in [7, 11) is 1.46. The topological polar surface area (TPSA) is 32.3 Å². The number of aromatic hydroxyl groups is 1. The van der Waals surface area contributed by atoms with Gasteiger partial charge in [0.05, 0.1) is 11.0 Å². The van der Waals surface area contributed by atoms with E-state index in [9.17, 15) is 8.78 Å². The molecule has 0 amide bonds. The number of phenolic OH excluding ortho intramolecular Hbond substituents is 1. The van der Waals surface area contributed by atoms with Crippen LogP contribution >= 0.6 is 15.9 Å². The molecule has 0 spiro atoms. The van der Waals surface area contributed by atoms with Crippen LogP contribution in [0.25, 0.3) is 0 Å². The van der Waals surface area contributed by atoms with Gasteiger partial charge in [0, 0.05) is 5.56 Å². The van der Waals surface area contributed by atoms with Crippen molar-refractivity contribution in [2.24, 2.45) is 0 Å².